The summed E-state index contributed by atoms with van der Waals surface area (Å²) in [4.78, 5) is 0. The van der Waals surface area contributed by atoms with Crippen molar-refractivity contribution in [3.05, 3.63) is 255 Å². The molecule has 0 N–H and O–H groups in total. The van der Waals surface area contributed by atoms with Gasteiger partial charge in [-0.05, 0) is 113 Å². The van der Waals surface area contributed by atoms with Gasteiger partial charge < -0.3 is 18.3 Å². The van der Waals surface area contributed by atoms with Crippen molar-refractivity contribution in [1.29, 1.82) is 0 Å². The highest BCUT2D eigenvalue weighted by atomic mass is 15.0. The highest BCUT2D eigenvalue weighted by Crippen LogP contribution is 2.43. The van der Waals surface area contributed by atoms with Crippen molar-refractivity contribution in [2.75, 3.05) is 0 Å². The van der Waals surface area contributed by atoms with Crippen molar-refractivity contribution < 1.29 is 0 Å². The van der Waals surface area contributed by atoms with Gasteiger partial charge in [-0.2, -0.15) is 0 Å². The van der Waals surface area contributed by atoms with Crippen molar-refractivity contribution in [2.45, 2.75) is 0 Å². The Hall–Kier alpha value is -9.38. The topological polar surface area (TPSA) is 19.7 Å². The van der Waals surface area contributed by atoms with Crippen LogP contribution in [0.25, 0.3) is 132 Å². The first-order valence-corrected chi connectivity index (χ1v) is 24.1. The minimum absolute atomic E-state index is 1.13. The second-order valence-electron chi connectivity index (χ2n) is 18.5. The lowest BCUT2D eigenvalue weighted by Gasteiger charge is -2.13. The van der Waals surface area contributed by atoms with Crippen LogP contribution in [0.15, 0.2) is 255 Å². The number of rotatable bonds is 6. The summed E-state index contributed by atoms with van der Waals surface area (Å²) in [6, 6.07) is 93.3. The molecule has 0 amide bonds. The number of nitrogens with zero attached hydrogens (tertiary/aromatic N) is 4. The predicted octanol–water partition coefficient (Wildman–Crippen LogP) is 17.4. The molecule has 326 valence electrons. The number of hydrogen-bond donors (Lipinski definition) is 0. The molecule has 15 aromatic rings. The van der Waals surface area contributed by atoms with E-state index in [1.54, 1.807) is 0 Å². The van der Waals surface area contributed by atoms with E-state index in [4.69, 9.17) is 0 Å². The maximum Gasteiger partial charge on any atom is 0.0788 e. The Balaban J connectivity index is 0.819. The normalized spacial score (nSPS) is 12.0. The van der Waals surface area contributed by atoms with Crippen LogP contribution >= 0.6 is 0 Å². The molecule has 0 bridgehead atoms. The van der Waals surface area contributed by atoms with E-state index in [1.807, 2.05) is 0 Å². The van der Waals surface area contributed by atoms with Gasteiger partial charge in [0.05, 0.1) is 44.1 Å². The quantitative estimate of drug-likeness (QED) is 0.158. The van der Waals surface area contributed by atoms with Crippen LogP contribution in [0.5, 0.6) is 0 Å². The molecular formula is C66H42N4. The van der Waals surface area contributed by atoms with Crippen LogP contribution in [0, 0.1) is 0 Å². The molecule has 15 rings (SSSR count). The molecule has 0 radical (unpaired) electrons. The number of aromatic nitrogens is 4. The largest absolute Gasteiger partial charge is 0.309 e. The molecule has 11 aromatic carbocycles. The van der Waals surface area contributed by atoms with Crippen LogP contribution in [-0.4, -0.2) is 18.3 Å². The smallest absolute Gasteiger partial charge is 0.0788 e. The summed E-state index contributed by atoms with van der Waals surface area (Å²) in [5.74, 6) is 0. The summed E-state index contributed by atoms with van der Waals surface area (Å²) in [6.45, 7) is 0. The second-order valence-corrected chi connectivity index (χ2v) is 18.5. The zero-order valence-corrected chi connectivity index (χ0v) is 38.0. The van der Waals surface area contributed by atoms with Crippen LogP contribution in [0.3, 0.4) is 0 Å². The van der Waals surface area contributed by atoms with Gasteiger partial charge in [0.2, 0.25) is 0 Å². The Morgan fingerprint density at radius 1 is 0.171 bits per heavy atom. The number of fused-ring (bicyclic) bond motifs is 13. The fraction of sp³-hybridized carbons (Fsp3) is 0. The third-order valence-electron chi connectivity index (χ3n) is 14.7. The molecule has 0 atom stereocenters. The second kappa shape index (κ2) is 15.1. The first kappa shape index (κ1) is 38.7. The molecule has 4 heteroatoms. The minimum Gasteiger partial charge on any atom is -0.309 e. The van der Waals surface area contributed by atoms with Crippen molar-refractivity contribution in [1.82, 2.24) is 18.3 Å². The Morgan fingerprint density at radius 2 is 0.500 bits per heavy atom. The van der Waals surface area contributed by atoms with E-state index in [-0.39, 0.29) is 0 Å². The summed E-state index contributed by atoms with van der Waals surface area (Å²) in [5.41, 5.74) is 19.0. The Labute approximate surface area is 403 Å². The van der Waals surface area contributed by atoms with Gasteiger partial charge in [-0.15, -0.1) is 0 Å². The summed E-state index contributed by atoms with van der Waals surface area (Å²) in [7, 11) is 0. The Morgan fingerprint density at radius 3 is 0.929 bits per heavy atom. The summed E-state index contributed by atoms with van der Waals surface area (Å²) in [6.07, 6.45) is 0. The number of benzene rings is 11. The average Bonchev–Trinajstić information content (AvgIpc) is 4.16. The molecule has 0 saturated heterocycles. The summed E-state index contributed by atoms with van der Waals surface area (Å²) in [5, 5.41) is 9.97. The van der Waals surface area contributed by atoms with Crippen molar-refractivity contribution in [3.63, 3.8) is 0 Å². The highest BCUT2D eigenvalue weighted by molar-refractivity contribution is 6.24. The van der Waals surface area contributed by atoms with E-state index in [0.717, 1.165) is 17.1 Å². The monoisotopic (exact) mass is 890 g/mol. The molecule has 0 fully saturated rings. The van der Waals surface area contributed by atoms with Gasteiger partial charge in [0.15, 0.2) is 0 Å². The van der Waals surface area contributed by atoms with Crippen LogP contribution in [-0.2, 0) is 0 Å². The Kier molecular flexibility index (Phi) is 8.33. The number of hydrogen-bond acceptors (Lipinski definition) is 0. The van der Waals surface area contributed by atoms with Gasteiger partial charge in [-0.3, -0.25) is 0 Å². The maximum absolute atomic E-state index is 2.47. The van der Waals surface area contributed by atoms with Crippen molar-refractivity contribution >= 4 is 87.2 Å². The van der Waals surface area contributed by atoms with E-state index in [2.05, 4.69) is 273 Å². The first-order valence-electron chi connectivity index (χ1n) is 24.1. The van der Waals surface area contributed by atoms with E-state index in [9.17, 15) is 0 Å². The molecule has 0 aliphatic heterocycles. The van der Waals surface area contributed by atoms with Gasteiger partial charge in [0.1, 0.15) is 0 Å². The van der Waals surface area contributed by atoms with E-state index < -0.39 is 0 Å². The fourth-order valence-corrected chi connectivity index (χ4v) is 11.7. The lowest BCUT2D eigenvalue weighted by Crippen LogP contribution is -1.98. The molecule has 0 spiro atoms. The third kappa shape index (κ3) is 5.65. The molecule has 4 heterocycles. The van der Waals surface area contributed by atoms with Crippen LogP contribution in [0.2, 0.25) is 0 Å². The lowest BCUT2D eigenvalue weighted by molar-refractivity contribution is 1.15. The van der Waals surface area contributed by atoms with Gasteiger partial charge in [-0.25, -0.2) is 0 Å². The lowest BCUT2D eigenvalue weighted by atomic mass is 9.98. The first-order chi connectivity index (χ1) is 34.7. The third-order valence-corrected chi connectivity index (χ3v) is 14.7. The predicted molar refractivity (Wildman–Crippen MR) is 295 cm³/mol. The average molecular weight is 891 g/mol. The zero-order valence-electron chi connectivity index (χ0n) is 38.0. The van der Waals surface area contributed by atoms with E-state index in [1.165, 1.54) is 115 Å². The van der Waals surface area contributed by atoms with E-state index >= 15 is 0 Å². The SMILES string of the molecule is c1ccc(-n2c3ccccc3c3cc4c(cc32)c2ccccc2n4-c2ccc(-c3cccc(-c4ccc(-n5c6ccccc6c6ccc7c8ccccc8n(-c8ccccc8)c7c65)cc4)c3)cc2)cc1. The van der Waals surface area contributed by atoms with Crippen molar-refractivity contribution in [2.24, 2.45) is 0 Å². The fourth-order valence-electron chi connectivity index (χ4n) is 11.7. The molecule has 0 aliphatic rings. The van der Waals surface area contributed by atoms with Gasteiger partial charge in [-0.1, -0.05) is 164 Å². The molecule has 0 unspecified atom stereocenters. The summed E-state index contributed by atoms with van der Waals surface area (Å²) < 4.78 is 9.75. The van der Waals surface area contributed by atoms with Gasteiger partial charge in [0, 0.05) is 65.8 Å². The Bertz CT molecular complexity index is 4550. The van der Waals surface area contributed by atoms with Crippen LogP contribution < -0.4 is 0 Å². The standard InChI is InChI=1S/C66H42N4/c1-3-18-47(19-4-1)67-59-26-11-9-24-53(59)57-42-64-58(41-63(57)67)54-25-10-12-27-60(54)68(64)49-34-30-43(31-35-49)45-16-15-17-46(40-45)44-32-36-50(37-33-44)70-62-29-14-8-23-52(62)56-39-38-55-51-22-7-13-28-61(51)69(65(55)66(56)70)48-20-5-2-6-21-48/h1-42H. The minimum atomic E-state index is 1.13. The molecule has 4 aromatic heterocycles. The van der Waals surface area contributed by atoms with E-state index in [0.29, 0.717) is 0 Å². The maximum atomic E-state index is 2.47. The molecule has 70 heavy (non-hydrogen) atoms. The van der Waals surface area contributed by atoms with Gasteiger partial charge in [0.25, 0.3) is 0 Å². The number of para-hydroxylation sites is 6. The van der Waals surface area contributed by atoms with Crippen LogP contribution in [0.1, 0.15) is 0 Å². The zero-order chi connectivity index (χ0) is 45.9. The van der Waals surface area contributed by atoms with Crippen molar-refractivity contribution in [3.8, 4) is 45.0 Å². The van der Waals surface area contributed by atoms with Crippen LogP contribution in [0.4, 0.5) is 0 Å². The van der Waals surface area contributed by atoms with Gasteiger partial charge >= 0.3 is 0 Å². The highest BCUT2D eigenvalue weighted by Gasteiger charge is 2.22. The molecule has 0 aliphatic carbocycles. The summed E-state index contributed by atoms with van der Waals surface area (Å²) >= 11 is 0. The molecule has 0 saturated carbocycles. The molecular weight excluding hydrogens is 849 g/mol. The molecule has 4 nitrogen and oxygen atoms in total.